The zero-order valence-corrected chi connectivity index (χ0v) is 15.4. The molecule has 0 atom stereocenters. The summed E-state index contributed by atoms with van der Waals surface area (Å²) in [4.78, 5) is 20.2. The largest absolute Gasteiger partial charge is 0.399 e. The minimum absolute atomic E-state index is 0.0130. The van der Waals surface area contributed by atoms with E-state index in [0.29, 0.717) is 29.2 Å². The summed E-state index contributed by atoms with van der Waals surface area (Å²) in [6.45, 7) is 1.78. The number of carbonyl (C=O) groups excluding carboxylic acids is 1. The van der Waals surface area contributed by atoms with Crippen molar-refractivity contribution in [3.8, 4) is 0 Å². The summed E-state index contributed by atoms with van der Waals surface area (Å²) in [5.41, 5.74) is 0.965. The first-order chi connectivity index (χ1) is 12.2. The summed E-state index contributed by atoms with van der Waals surface area (Å²) in [6, 6.07) is 2.38. The van der Waals surface area contributed by atoms with Crippen molar-refractivity contribution in [3.05, 3.63) is 17.5 Å². The van der Waals surface area contributed by atoms with E-state index in [1.165, 1.54) is 45.6 Å². The number of oxime groups is 1. The second-order valence-electron chi connectivity index (χ2n) is 7.23. The van der Waals surface area contributed by atoms with Gasteiger partial charge in [0.2, 0.25) is 0 Å². The monoisotopic (exact) mass is 347 g/mol. The Balaban J connectivity index is 1.81. The third kappa shape index (κ3) is 4.22. The molecule has 0 aromatic carbocycles. The molecule has 6 nitrogen and oxygen atoms in total. The van der Waals surface area contributed by atoms with E-state index in [2.05, 4.69) is 15.2 Å². The van der Waals surface area contributed by atoms with E-state index < -0.39 is 0 Å². The number of amides is 1. The molecule has 6 heteroatoms. The van der Waals surface area contributed by atoms with Crippen LogP contribution in [0.3, 0.4) is 0 Å². The van der Waals surface area contributed by atoms with Gasteiger partial charge in [0, 0.05) is 18.2 Å². The normalized spacial score (nSPS) is 20.5. The van der Waals surface area contributed by atoms with Gasteiger partial charge in [-0.05, 0) is 32.6 Å². The predicted molar refractivity (Wildman–Crippen MR) is 95.6 cm³/mol. The first kappa shape index (κ1) is 18.0. The standard InChI is InChI=1S/C19H29N3O3/c1-14(20-24-2)18-13-17(21-25-18)19(23)22(15-9-5-3-6-10-15)16-11-7-4-8-12-16/h13,15-16H,3-12H2,1-2H3/b20-14+. The molecular formula is C19H29N3O3. The van der Waals surface area contributed by atoms with Crippen molar-refractivity contribution in [2.45, 2.75) is 83.2 Å². The molecular weight excluding hydrogens is 318 g/mol. The Hall–Kier alpha value is -1.85. The summed E-state index contributed by atoms with van der Waals surface area (Å²) >= 11 is 0. The maximum absolute atomic E-state index is 13.3. The van der Waals surface area contributed by atoms with Crippen molar-refractivity contribution in [3.63, 3.8) is 0 Å². The van der Waals surface area contributed by atoms with Crippen LogP contribution in [0.15, 0.2) is 15.7 Å². The molecule has 1 aromatic rings. The summed E-state index contributed by atoms with van der Waals surface area (Å²) < 4.78 is 5.32. The van der Waals surface area contributed by atoms with Crippen LogP contribution in [0.4, 0.5) is 0 Å². The summed E-state index contributed by atoms with van der Waals surface area (Å²) in [5, 5.41) is 7.88. The smallest absolute Gasteiger partial charge is 0.276 e. The molecule has 1 aromatic heterocycles. The molecule has 0 radical (unpaired) electrons. The molecule has 2 saturated carbocycles. The van der Waals surface area contributed by atoms with Crippen molar-refractivity contribution in [1.82, 2.24) is 10.1 Å². The summed E-state index contributed by atoms with van der Waals surface area (Å²) in [5.74, 6) is 0.497. The Morgan fingerprint density at radius 3 is 2.20 bits per heavy atom. The van der Waals surface area contributed by atoms with Crippen LogP contribution in [0.1, 0.15) is 87.4 Å². The number of rotatable bonds is 5. The van der Waals surface area contributed by atoms with E-state index >= 15 is 0 Å². The third-order valence-corrected chi connectivity index (χ3v) is 5.48. The number of hydrogen-bond donors (Lipinski definition) is 0. The highest BCUT2D eigenvalue weighted by Crippen LogP contribution is 2.31. The molecule has 1 amide bonds. The molecule has 2 fully saturated rings. The van der Waals surface area contributed by atoms with E-state index in [-0.39, 0.29) is 5.91 Å². The van der Waals surface area contributed by atoms with Crippen LogP contribution in [0.2, 0.25) is 0 Å². The van der Waals surface area contributed by atoms with Gasteiger partial charge in [0.15, 0.2) is 11.5 Å². The van der Waals surface area contributed by atoms with E-state index in [1.54, 1.807) is 13.0 Å². The predicted octanol–water partition coefficient (Wildman–Crippen LogP) is 4.15. The van der Waals surface area contributed by atoms with Gasteiger partial charge in [-0.15, -0.1) is 0 Å². The highest BCUT2D eigenvalue weighted by atomic mass is 16.6. The first-order valence-corrected chi connectivity index (χ1v) is 9.58. The number of carbonyl (C=O) groups is 1. The van der Waals surface area contributed by atoms with Crippen LogP contribution in [-0.4, -0.2) is 40.9 Å². The van der Waals surface area contributed by atoms with Crippen molar-refractivity contribution in [2.75, 3.05) is 7.11 Å². The number of aromatic nitrogens is 1. The molecule has 0 spiro atoms. The molecule has 3 rings (SSSR count). The van der Waals surface area contributed by atoms with Crippen LogP contribution in [0.5, 0.6) is 0 Å². The fourth-order valence-electron chi connectivity index (χ4n) is 4.21. The second-order valence-corrected chi connectivity index (χ2v) is 7.23. The lowest BCUT2D eigenvalue weighted by Crippen LogP contribution is -2.48. The van der Waals surface area contributed by atoms with Crippen LogP contribution in [0, 0.1) is 0 Å². The maximum Gasteiger partial charge on any atom is 0.276 e. The average Bonchev–Trinajstić information content (AvgIpc) is 3.14. The van der Waals surface area contributed by atoms with Gasteiger partial charge in [-0.3, -0.25) is 4.79 Å². The Labute approximate surface area is 149 Å². The van der Waals surface area contributed by atoms with Gasteiger partial charge in [0.25, 0.3) is 5.91 Å². The summed E-state index contributed by atoms with van der Waals surface area (Å²) in [7, 11) is 1.49. The number of nitrogens with zero attached hydrogens (tertiary/aromatic N) is 3. The topological polar surface area (TPSA) is 67.9 Å². The molecule has 0 N–H and O–H groups in total. The molecule has 0 bridgehead atoms. The Kier molecular flexibility index (Phi) is 6.10. The highest BCUT2D eigenvalue weighted by Gasteiger charge is 2.34. The lowest BCUT2D eigenvalue weighted by molar-refractivity contribution is 0.0438. The van der Waals surface area contributed by atoms with Gasteiger partial charge in [0.05, 0.1) is 0 Å². The Bertz CT molecular complexity index is 581. The second kappa shape index (κ2) is 8.50. The zero-order valence-electron chi connectivity index (χ0n) is 15.4. The molecule has 138 valence electrons. The van der Waals surface area contributed by atoms with Crippen molar-refractivity contribution >= 4 is 11.6 Å². The van der Waals surface area contributed by atoms with Gasteiger partial charge in [-0.2, -0.15) is 0 Å². The van der Waals surface area contributed by atoms with Crippen LogP contribution in [0.25, 0.3) is 0 Å². The molecule has 2 aliphatic rings. The molecule has 2 aliphatic carbocycles. The van der Waals surface area contributed by atoms with Crippen molar-refractivity contribution < 1.29 is 14.2 Å². The minimum atomic E-state index is 0.0130. The van der Waals surface area contributed by atoms with Gasteiger partial charge in [-0.1, -0.05) is 48.8 Å². The molecule has 0 saturated heterocycles. The van der Waals surface area contributed by atoms with E-state index in [1.807, 2.05) is 0 Å². The van der Waals surface area contributed by atoms with Crippen LogP contribution >= 0.6 is 0 Å². The lowest BCUT2D eigenvalue weighted by Gasteiger charge is -2.41. The summed E-state index contributed by atoms with van der Waals surface area (Å²) in [6.07, 6.45) is 11.8. The fraction of sp³-hybridized carbons (Fsp3) is 0.737. The highest BCUT2D eigenvalue weighted by molar-refractivity contribution is 5.99. The number of hydrogen-bond acceptors (Lipinski definition) is 5. The quantitative estimate of drug-likeness (QED) is 0.592. The van der Waals surface area contributed by atoms with E-state index in [4.69, 9.17) is 9.36 Å². The molecule has 0 aliphatic heterocycles. The Morgan fingerprint density at radius 1 is 1.12 bits per heavy atom. The van der Waals surface area contributed by atoms with Crippen molar-refractivity contribution in [1.29, 1.82) is 0 Å². The third-order valence-electron chi connectivity index (χ3n) is 5.48. The van der Waals surface area contributed by atoms with E-state index in [9.17, 15) is 4.79 Å². The van der Waals surface area contributed by atoms with E-state index in [0.717, 1.165) is 25.7 Å². The first-order valence-electron chi connectivity index (χ1n) is 9.58. The molecule has 1 heterocycles. The van der Waals surface area contributed by atoms with Crippen LogP contribution < -0.4 is 0 Å². The zero-order chi connectivity index (χ0) is 17.6. The van der Waals surface area contributed by atoms with Crippen molar-refractivity contribution in [2.24, 2.45) is 5.16 Å². The van der Waals surface area contributed by atoms with Gasteiger partial charge in [-0.25, -0.2) is 0 Å². The fourth-order valence-corrected chi connectivity index (χ4v) is 4.21. The molecule has 25 heavy (non-hydrogen) atoms. The lowest BCUT2D eigenvalue weighted by atomic mass is 9.88. The maximum atomic E-state index is 13.3. The average molecular weight is 347 g/mol. The minimum Gasteiger partial charge on any atom is -0.399 e. The van der Waals surface area contributed by atoms with Gasteiger partial charge >= 0.3 is 0 Å². The SMILES string of the molecule is CO/N=C(\C)c1cc(C(=O)N(C2CCCCC2)C2CCCCC2)no1. The van der Waals surface area contributed by atoms with Crippen LogP contribution in [-0.2, 0) is 4.84 Å². The Morgan fingerprint density at radius 2 is 1.68 bits per heavy atom. The molecule has 0 unspecified atom stereocenters. The van der Waals surface area contributed by atoms with Gasteiger partial charge < -0.3 is 14.3 Å². The van der Waals surface area contributed by atoms with Gasteiger partial charge in [0.1, 0.15) is 12.8 Å².